The summed E-state index contributed by atoms with van der Waals surface area (Å²) in [5.41, 5.74) is 0. The van der Waals surface area contributed by atoms with Crippen LogP contribution in [0.2, 0.25) is 0 Å². The highest BCUT2D eigenvalue weighted by Crippen LogP contribution is 2.09. The molecule has 0 N–H and O–H groups in total. The lowest BCUT2D eigenvalue weighted by molar-refractivity contribution is -0.137. The van der Waals surface area contributed by atoms with Crippen molar-refractivity contribution < 1.29 is 14.3 Å². The van der Waals surface area contributed by atoms with Gasteiger partial charge in [0.15, 0.2) is 5.12 Å². The fourth-order valence-corrected chi connectivity index (χ4v) is 2.06. The number of hydrogen-bond donors (Lipinski definition) is 0. The zero-order valence-electron chi connectivity index (χ0n) is 7.87. The summed E-state index contributed by atoms with van der Waals surface area (Å²) < 4.78 is 4.45. The van der Waals surface area contributed by atoms with Gasteiger partial charge < -0.3 is 4.74 Å². The van der Waals surface area contributed by atoms with E-state index in [2.05, 4.69) is 4.74 Å². The van der Waals surface area contributed by atoms with Crippen LogP contribution in [0.25, 0.3) is 0 Å². The summed E-state index contributed by atoms with van der Waals surface area (Å²) in [7, 11) is 1.36. The van der Waals surface area contributed by atoms with E-state index in [9.17, 15) is 9.59 Å². The molecule has 3 nitrogen and oxygen atoms in total. The first-order valence-corrected chi connectivity index (χ1v) is 6.15. The van der Waals surface area contributed by atoms with Crippen molar-refractivity contribution in [3.8, 4) is 0 Å². The topological polar surface area (TPSA) is 43.4 Å². The maximum absolute atomic E-state index is 11.0. The van der Waals surface area contributed by atoms with E-state index in [1.54, 1.807) is 0 Å². The molecule has 76 valence electrons. The van der Waals surface area contributed by atoms with Gasteiger partial charge in [-0.15, -0.1) is 11.8 Å². The third-order valence-electron chi connectivity index (χ3n) is 1.20. The highest BCUT2D eigenvalue weighted by molar-refractivity contribution is 8.13. The molecular formula is C8H14O3S2. The molecule has 0 heterocycles. The number of hydrogen-bond acceptors (Lipinski definition) is 5. The summed E-state index contributed by atoms with van der Waals surface area (Å²) in [6.45, 7) is 1.95. The van der Waals surface area contributed by atoms with Crippen LogP contribution < -0.4 is 0 Å². The van der Waals surface area contributed by atoms with Gasteiger partial charge in [-0.05, 0) is 5.75 Å². The maximum Gasteiger partial charge on any atom is 0.315 e. The van der Waals surface area contributed by atoms with E-state index in [1.165, 1.54) is 30.6 Å². The van der Waals surface area contributed by atoms with Gasteiger partial charge in [0.05, 0.1) is 12.9 Å². The van der Waals surface area contributed by atoms with E-state index in [0.29, 0.717) is 17.9 Å². The molecule has 13 heavy (non-hydrogen) atoms. The third-order valence-corrected chi connectivity index (χ3v) is 2.95. The largest absolute Gasteiger partial charge is 0.468 e. The van der Waals surface area contributed by atoms with Crippen molar-refractivity contribution in [1.29, 1.82) is 0 Å². The summed E-state index contributed by atoms with van der Waals surface area (Å²) in [4.78, 5) is 21.6. The molecule has 0 bridgehead atoms. The Labute approximate surface area is 87.0 Å². The van der Waals surface area contributed by atoms with Gasteiger partial charge in [-0.3, -0.25) is 9.59 Å². The van der Waals surface area contributed by atoms with E-state index in [1.807, 2.05) is 6.92 Å². The van der Waals surface area contributed by atoms with Gasteiger partial charge in [0.2, 0.25) is 0 Å². The third kappa shape index (κ3) is 8.18. The van der Waals surface area contributed by atoms with Crippen LogP contribution in [0.15, 0.2) is 0 Å². The molecule has 0 rings (SSSR count). The highest BCUT2D eigenvalue weighted by atomic mass is 32.2. The Morgan fingerprint density at radius 3 is 2.62 bits per heavy atom. The molecule has 0 aliphatic heterocycles. The van der Waals surface area contributed by atoms with Crippen molar-refractivity contribution >= 4 is 34.6 Å². The predicted octanol–water partition coefficient (Wildman–Crippen LogP) is 1.56. The maximum atomic E-state index is 11.0. The SMILES string of the molecule is CCSC(=O)CCSCC(=O)OC. The fourth-order valence-electron chi connectivity index (χ4n) is 0.603. The summed E-state index contributed by atoms with van der Waals surface area (Å²) in [5.74, 6) is 1.61. The molecule has 0 aromatic carbocycles. The lowest BCUT2D eigenvalue weighted by atomic mass is 10.5. The van der Waals surface area contributed by atoms with Gasteiger partial charge in [-0.25, -0.2) is 0 Å². The summed E-state index contributed by atoms with van der Waals surface area (Å²) in [5, 5.41) is 0.194. The molecule has 0 amide bonds. The number of thioether (sulfide) groups is 2. The zero-order chi connectivity index (χ0) is 10.1. The molecule has 0 fully saturated rings. The van der Waals surface area contributed by atoms with E-state index in [4.69, 9.17) is 0 Å². The quantitative estimate of drug-likeness (QED) is 0.504. The van der Waals surface area contributed by atoms with Crippen LogP contribution in [0.5, 0.6) is 0 Å². The van der Waals surface area contributed by atoms with E-state index in [0.717, 1.165) is 5.75 Å². The van der Waals surface area contributed by atoms with Gasteiger partial charge in [0.1, 0.15) is 0 Å². The van der Waals surface area contributed by atoms with Gasteiger partial charge >= 0.3 is 5.97 Å². The fraction of sp³-hybridized carbons (Fsp3) is 0.750. The average Bonchev–Trinajstić information content (AvgIpc) is 2.12. The Hall–Kier alpha value is -0.160. The van der Waals surface area contributed by atoms with E-state index < -0.39 is 0 Å². The minimum atomic E-state index is -0.236. The molecule has 0 aliphatic rings. The minimum Gasteiger partial charge on any atom is -0.468 e. The summed E-state index contributed by atoms with van der Waals surface area (Å²) in [6.07, 6.45) is 0.528. The van der Waals surface area contributed by atoms with Crippen LogP contribution in [0.4, 0.5) is 0 Å². The molecule has 0 aromatic rings. The smallest absolute Gasteiger partial charge is 0.315 e. The molecular weight excluding hydrogens is 208 g/mol. The van der Waals surface area contributed by atoms with Gasteiger partial charge in [0, 0.05) is 12.2 Å². The van der Waals surface area contributed by atoms with Crippen molar-refractivity contribution in [1.82, 2.24) is 0 Å². The molecule has 0 spiro atoms. The Bertz CT molecular complexity index is 171. The molecule has 0 aromatic heterocycles. The second-order valence-corrected chi connectivity index (χ2v) is 4.61. The number of carbonyl (C=O) groups is 2. The number of esters is 1. The van der Waals surface area contributed by atoms with Crippen molar-refractivity contribution in [3.63, 3.8) is 0 Å². The second kappa shape index (κ2) is 8.44. The normalized spacial score (nSPS) is 9.69. The number of methoxy groups -OCH3 is 1. The van der Waals surface area contributed by atoms with Gasteiger partial charge in [-0.2, -0.15) is 0 Å². The van der Waals surface area contributed by atoms with E-state index in [-0.39, 0.29) is 11.1 Å². The minimum absolute atomic E-state index is 0.194. The average molecular weight is 222 g/mol. The molecule has 0 aliphatic carbocycles. The predicted molar refractivity (Wildman–Crippen MR) is 57.1 cm³/mol. The molecule has 0 atom stereocenters. The van der Waals surface area contributed by atoms with Gasteiger partial charge in [-0.1, -0.05) is 18.7 Å². The first-order valence-electron chi connectivity index (χ1n) is 4.00. The van der Waals surface area contributed by atoms with Crippen LogP contribution in [0.1, 0.15) is 13.3 Å². The highest BCUT2D eigenvalue weighted by Gasteiger charge is 2.03. The standard InChI is InChI=1S/C8H14O3S2/c1-3-13-8(10)4-5-12-6-7(9)11-2/h3-6H2,1-2H3. The lowest BCUT2D eigenvalue weighted by Gasteiger charge is -1.99. The monoisotopic (exact) mass is 222 g/mol. The molecule has 5 heteroatoms. The van der Waals surface area contributed by atoms with Crippen molar-refractivity contribution in [2.24, 2.45) is 0 Å². The zero-order valence-corrected chi connectivity index (χ0v) is 9.50. The molecule has 0 saturated carbocycles. The molecule has 0 unspecified atom stereocenters. The number of carbonyl (C=O) groups excluding carboxylic acids is 2. The van der Waals surface area contributed by atoms with Crippen molar-refractivity contribution in [2.45, 2.75) is 13.3 Å². The van der Waals surface area contributed by atoms with Crippen molar-refractivity contribution in [2.75, 3.05) is 24.4 Å². The Kier molecular flexibility index (Phi) is 8.33. The van der Waals surface area contributed by atoms with Crippen LogP contribution in [-0.4, -0.2) is 35.5 Å². The van der Waals surface area contributed by atoms with Crippen LogP contribution in [-0.2, 0) is 14.3 Å². The number of ether oxygens (including phenoxy) is 1. The molecule has 0 radical (unpaired) electrons. The van der Waals surface area contributed by atoms with Crippen molar-refractivity contribution in [3.05, 3.63) is 0 Å². The Morgan fingerprint density at radius 2 is 2.08 bits per heavy atom. The first kappa shape index (κ1) is 12.8. The summed E-state index contributed by atoms with van der Waals surface area (Å²) >= 11 is 2.76. The van der Waals surface area contributed by atoms with Crippen LogP contribution >= 0.6 is 23.5 Å². The Balaban J connectivity index is 3.25. The second-order valence-electron chi connectivity index (χ2n) is 2.18. The lowest BCUT2D eigenvalue weighted by Crippen LogP contribution is -2.04. The van der Waals surface area contributed by atoms with Gasteiger partial charge in [0.25, 0.3) is 0 Å². The first-order chi connectivity index (χ1) is 6.20. The Morgan fingerprint density at radius 1 is 1.38 bits per heavy atom. The van der Waals surface area contributed by atoms with Crippen LogP contribution in [0, 0.1) is 0 Å². The summed E-state index contributed by atoms with van der Waals surface area (Å²) in [6, 6.07) is 0. The van der Waals surface area contributed by atoms with Crippen LogP contribution in [0.3, 0.4) is 0 Å². The molecule has 0 saturated heterocycles. The van der Waals surface area contributed by atoms with E-state index >= 15 is 0 Å². The number of rotatable bonds is 6.